The second-order valence-corrected chi connectivity index (χ2v) is 8.70. The minimum absolute atomic E-state index is 0.352. The highest BCUT2D eigenvalue weighted by molar-refractivity contribution is 6.08. The molecule has 5 heterocycles. The van der Waals surface area contributed by atoms with Crippen LogP contribution in [0.25, 0.3) is 22.1 Å². The third-order valence-electron chi connectivity index (χ3n) is 7.88. The van der Waals surface area contributed by atoms with E-state index in [4.69, 9.17) is 4.42 Å². The Morgan fingerprint density at radius 1 is 1.04 bits per heavy atom. The van der Waals surface area contributed by atoms with Gasteiger partial charge in [0, 0.05) is 28.6 Å². The number of hydrogen-bond donors (Lipinski definition) is 0. The maximum absolute atomic E-state index is 6.32. The SMILES string of the molecule is Cc1ccc2c(oc3ncccc32)c1N1C(C)C23CCC1(CC2)CC3. The van der Waals surface area contributed by atoms with Crippen LogP contribution in [-0.4, -0.2) is 16.6 Å². The summed E-state index contributed by atoms with van der Waals surface area (Å²) >= 11 is 0. The highest BCUT2D eigenvalue weighted by atomic mass is 16.3. The molecule has 0 radical (unpaired) electrons. The van der Waals surface area contributed by atoms with Crippen LogP contribution in [0.1, 0.15) is 51.0 Å². The van der Waals surface area contributed by atoms with Gasteiger partial charge in [-0.1, -0.05) is 12.1 Å². The number of aryl methyl sites for hydroxylation is 1. The zero-order valence-corrected chi connectivity index (χ0v) is 15.0. The van der Waals surface area contributed by atoms with Crippen molar-refractivity contribution in [2.75, 3.05) is 4.90 Å². The number of hydrogen-bond acceptors (Lipinski definition) is 3. The Hall–Kier alpha value is -2.03. The maximum Gasteiger partial charge on any atom is 0.227 e. The fourth-order valence-corrected chi connectivity index (χ4v) is 6.36. The average molecular weight is 332 g/mol. The van der Waals surface area contributed by atoms with E-state index >= 15 is 0 Å². The van der Waals surface area contributed by atoms with Crippen LogP contribution in [0.3, 0.4) is 0 Å². The van der Waals surface area contributed by atoms with Gasteiger partial charge in [0.15, 0.2) is 5.58 Å². The predicted molar refractivity (Wildman–Crippen MR) is 101 cm³/mol. The monoisotopic (exact) mass is 332 g/mol. The molecule has 3 heteroatoms. The number of fused-ring (bicyclic) bond motifs is 3. The summed E-state index contributed by atoms with van der Waals surface area (Å²) in [5.41, 5.74) is 5.36. The molecule has 0 amide bonds. The molecule has 3 aliphatic carbocycles. The highest BCUT2D eigenvalue weighted by Crippen LogP contribution is 2.65. The third-order valence-corrected chi connectivity index (χ3v) is 7.88. The van der Waals surface area contributed by atoms with Crippen LogP contribution < -0.4 is 4.90 Å². The molecular weight excluding hydrogens is 308 g/mol. The zero-order chi connectivity index (χ0) is 16.8. The van der Waals surface area contributed by atoms with Crippen molar-refractivity contribution in [1.29, 1.82) is 0 Å². The largest absolute Gasteiger partial charge is 0.436 e. The quantitative estimate of drug-likeness (QED) is 0.581. The van der Waals surface area contributed by atoms with E-state index in [-0.39, 0.29) is 0 Å². The van der Waals surface area contributed by atoms with Gasteiger partial charge in [-0.3, -0.25) is 0 Å². The van der Waals surface area contributed by atoms with E-state index in [1.165, 1.54) is 55.2 Å². The molecule has 1 atom stereocenters. The van der Waals surface area contributed by atoms with E-state index in [0.29, 0.717) is 17.0 Å². The topological polar surface area (TPSA) is 29.3 Å². The fraction of sp³-hybridized carbons (Fsp3) is 0.500. The molecule has 2 aromatic heterocycles. The first-order valence-electron chi connectivity index (χ1n) is 9.70. The molecule has 25 heavy (non-hydrogen) atoms. The number of anilines is 1. The molecule has 0 spiro atoms. The Balaban J connectivity index is 1.66. The first kappa shape index (κ1) is 14.2. The fourth-order valence-electron chi connectivity index (χ4n) is 6.36. The lowest BCUT2D eigenvalue weighted by Crippen LogP contribution is -2.71. The Morgan fingerprint density at radius 2 is 1.80 bits per heavy atom. The van der Waals surface area contributed by atoms with Crippen LogP contribution in [0.2, 0.25) is 0 Å². The van der Waals surface area contributed by atoms with Crippen molar-refractivity contribution in [3.05, 3.63) is 36.0 Å². The Kier molecular flexibility index (Phi) is 2.48. The number of aromatic nitrogens is 1. The summed E-state index contributed by atoms with van der Waals surface area (Å²) in [7, 11) is 0. The smallest absolute Gasteiger partial charge is 0.227 e. The van der Waals surface area contributed by atoms with Crippen LogP contribution in [0.4, 0.5) is 5.69 Å². The number of benzene rings is 1. The molecule has 6 aliphatic rings. The van der Waals surface area contributed by atoms with Gasteiger partial charge in [-0.2, -0.15) is 0 Å². The lowest BCUT2D eigenvalue weighted by Gasteiger charge is -2.70. The summed E-state index contributed by atoms with van der Waals surface area (Å²) in [6.07, 6.45) is 10.1. The zero-order valence-electron chi connectivity index (χ0n) is 15.0. The molecule has 128 valence electrons. The molecule has 3 saturated heterocycles. The van der Waals surface area contributed by atoms with Crippen molar-refractivity contribution in [1.82, 2.24) is 4.98 Å². The average Bonchev–Trinajstić information content (AvgIpc) is 3.03. The molecule has 9 rings (SSSR count). The summed E-state index contributed by atoms with van der Waals surface area (Å²) in [6, 6.07) is 9.22. The number of nitrogens with zero attached hydrogens (tertiary/aromatic N) is 2. The molecular formula is C22H24N2O. The minimum atomic E-state index is 0.352. The van der Waals surface area contributed by atoms with Crippen LogP contribution in [0.15, 0.2) is 34.9 Å². The van der Waals surface area contributed by atoms with Gasteiger partial charge >= 0.3 is 0 Å². The maximum atomic E-state index is 6.32. The third kappa shape index (κ3) is 1.56. The van der Waals surface area contributed by atoms with Crippen LogP contribution in [-0.2, 0) is 0 Å². The lowest BCUT2D eigenvalue weighted by atomic mass is 9.49. The summed E-state index contributed by atoms with van der Waals surface area (Å²) < 4.78 is 6.32. The van der Waals surface area contributed by atoms with E-state index in [9.17, 15) is 0 Å². The van der Waals surface area contributed by atoms with E-state index in [2.05, 4.69) is 41.9 Å². The number of piperidine rings is 3. The van der Waals surface area contributed by atoms with E-state index in [0.717, 1.165) is 16.7 Å². The van der Waals surface area contributed by atoms with Gasteiger partial charge in [-0.15, -0.1) is 0 Å². The second-order valence-electron chi connectivity index (χ2n) is 8.70. The van der Waals surface area contributed by atoms with Crippen molar-refractivity contribution in [3.63, 3.8) is 0 Å². The van der Waals surface area contributed by atoms with Gasteiger partial charge in [0.2, 0.25) is 5.71 Å². The second kappa shape index (κ2) is 4.38. The van der Waals surface area contributed by atoms with E-state index < -0.39 is 0 Å². The van der Waals surface area contributed by atoms with Gasteiger partial charge in [-0.25, -0.2) is 4.98 Å². The highest BCUT2D eigenvalue weighted by Gasteiger charge is 2.62. The minimum Gasteiger partial charge on any atom is -0.436 e. The van der Waals surface area contributed by atoms with Crippen LogP contribution in [0.5, 0.6) is 0 Å². The molecule has 3 nitrogen and oxygen atoms in total. The van der Waals surface area contributed by atoms with Crippen molar-refractivity contribution in [2.24, 2.45) is 5.41 Å². The predicted octanol–water partition coefficient (Wildman–Crippen LogP) is 5.59. The van der Waals surface area contributed by atoms with Gasteiger partial charge in [0.1, 0.15) is 0 Å². The normalized spacial score (nSPS) is 33.7. The van der Waals surface area contributed by atoms with Crippen LogP contribution in [0, 0.1) is 12.3 Å². The molecule has 3 saturated carbocycles. The standard InChI is InChI=1S/C22H24N2O/c1-14-5-6-16-17-4-3-13-23-20(17)25-19(16)18(14)24-15(2)21-7-10-22(24,11-8-21)12-9-21/h3-6,13,15H,7-12H2,1-2H3. The van der Waals surface area contributed by atoms with Gasteiger partial charge in [-0.05, 0) is 75.5 Å². The number of pyridine rings is 1. The molecule has 1 unspecified atom stereocenters. The Morgan fingerprint density at radius 3 is 2.52 bits per heavy atom. The van der Waals surface area contributed by atoms with Crippen molar-refractivity contribution in [3.8, 4) is 0 Å². The molecule has 6 fully saturated rings. The van der Waals surface area contributed by atoms with E-state index in [1.54, 1.807) is 0 Å². The summed E-state index contributed by atoms with van der Waals surface area (Å²) in [5.74, 6) is 0. The summed E-state index contributed by atoms with van der Waals surface area (Å²) in [4.78, 5) is 7.24. The van der Waals surface area contributed by atoms with Gasteiger partial charge < -0.3 is 9.32 Å². The van der Waals surface area contributed by atoms with Gasteiger partial charge in [0.25, 0.3) is 0 Å². The van der Waals surface area contributed by atoms with E-state index in [1.807, 2.05) is 12.3 Å². The molecule has 1 aromatic carbocycles. The first-order chi connectivity index (χ1) is 12.1. The summed E-state index contributed by atoms with van der Waals surface area (Å²) in [5, 5.41) is 2.34. The van der Waals surface area contributed by atoms with Crippen molar-refractivity contribution in [2.45, 2.75) is 64.0 Å². The Labute approximate surface area is 148 Å². The first-order valence-corrected chi connectivity index (χ1v) is 9.70. The number of rotatable bonds is 1. The summed E-state index contributed by atoms with van der Waals surface area (Å²) in [6.45, 7) is 4.71. The molecule has 3 aromatic rings. The molecule has 2 bridgehead atoms. The van der Waals surface area contributed by atoms with Crippen molar-refractivity contribution >= 4 is 27.8 Å². The lowest BCUT2D eigenvalue weighted by molar-refractivity contribution is -0.0446. The van der Waals surface area contributed by atoms with Gasteiger partial charge in [0.05, 0.1) is 5.69 Å². The molecule has 0 N–H and O–H groups in total. The number of furan rings is 1. The molecule has 3 aliphatic heterocycles. The Bertz CT molecular complexity index is 993. The van der Waals surface area contributed by atoms with Crippen molar-refractivity contribution < 1.29 is 4.42 Å². The van der Waals surface area contributed by atoms with Crippen LogP contribution >= 0.6 is 0 Å².